The number of hydrogen-bond acceptors (Lipinski definition) is 4. The van der Waals surface area contributed by atoms with E-state index in [-0.39, 0.29) is 0 Å². The zero-order valence-electron chi connectivity index (χ0n) is 6.64. The Balaban J connectivity index is 0.000000261. The Morgan fingerprint density at radius 1 is 1.50 bits per heavy atom. The second-order valence-corrected chi connectivity index (χ2v) is 1.74. The van der Waals surface area contributed by atoms with Gasteiger partial charge in [0.05, 0.1) is 7.11 Å². The Bertz CT molecular complexity index is 223. The minimum absolute atomic E-state index is 0.375. The molecule has 4 heteroatoms. The zero-order chi connectivity index (χ0) is 9.23. The van der Waals surface area contributed by atoms with Crippen molar-refractivity contribution in [1.29, 1.82) is 0 Å². The van der Waals surface area contributed by atoms with Crippen molar-refractivity contribution in [2.24, 2.45) is 0 Å². The molecule has 0 N–H and O–H groups in total. The molecule has 0 fully saturated rings. The van der Waals surface area contributed by atoms with E-state index in [2.05, 4.69) is 9.72 Å². The van der Waals surface area contributed by atoms with Gasteiger partial charge in [0, 0.05) is 18.0 Å². The van der Waals surface area contributed by atoms with Crippen LogP contribution in [0.2, 0.25) is 0 Å². The van der Waals surface area contributed by atoms with Gasteiger partial charge in [0.15, 0.2) is 6.29 Å². The summed E-state index contributed by atoms with van der Waals surface area (Å²) in [5.41, 5.74) is 0.618. The van der Waals surface area contributed by atoms with E-state index < -0.39 is 0 Å². The predicted octanol–water partition coefficient (Wildman–Crippen LogP) is 0.683. The Morgan fingerprint density at radius 2 is 2.17 bits per heavy atom. The third-order valence-electron chi connectivity index (χ3n) is 0.917. The van der Waals surface area contributed by atoms with Gasteiger partial charge >= 0.3 is 0 Å². The molecule has 1 rings (SSSR count). The molecule has 0 bridgehead atoms. The van der Waals surface area contributed by atoms with Crippen LogP contribution < -0.4 is 0 Å². The SMILES string of the molecule is COC=O.O=Cc1cccnc1. The molecule has 64 valence electrons. The molecular formula is C8H9NO3. The van der Waals surface area contributed by atoms with Gasteiger partial charge < -0.3 is 4.74 Å². The van der Waals surface area contributed by atoms with Gasteiger partial charge in [-0.25, -0.2) is 0 Å². The number of rotatable bonds is 2. The van der Waals surface area contributed by atoms with Gasteiger partial charge in [0.1, 0.15) is 0 Å². The van der Waals surface area contributed by atoms with E-state index in [1.807, 2.05) is 0 Å². The van der Waals surface area contributed by atoms with E-state index in [9.17, 15) is 4.79 Å². The predicted molar refractivity (Wildman–Crippen MR) is 42.7 cm³/mol. The van der Waals surface area contributed by atoms with E-state index in [1.165, 1.54) is 13.3 Å². The molecule has 0 aromatic carbocycles. The molecule has 0 amide bonds. The molecule has 12 heavy (non-hydrogen) atoms. The molecule has 1 aromatic rings. The Kier molecular flexibility index (Phi) is 6.34. The smallest absolute Gasteiger partial charge is 0.292 e. The fourth-order valence-electron chi connectivity index (χ4n) is 0.446. The molecule has 1 aromatic heterocycles. The summed E-state index contributed by atoms with van der Waals surface area (Å²) >= 11 is 0. The lowest BCUT2D eigenvalue weighted by Crippen LogP contribution is -1.77. The van der Waals surface area contributed by atoms with Crippen molar-refractivity contribution in [2.45, 2.75) is 0 Å². The average molecular weight is 167 g/mol. The average Bonchev–Trinajstić information content (AvgIpc) is 2.19. The highest BCUT2D eigenvalue weighted by molar-refractivity contribution is 5.73. The molecule has 0 saturated heterocycles. The van der Waals surface area contributed by atoms with E-state index in [4.69, 9.17) is 4.79 Å². The van der Waals surface area contributed by atoms with Gasteiger partial charge in [-0.05, 0) is 12.1 Å². The van der Waals surface area contributed by atoms with Crippen molar-refractivity contribution in [3.8, 4) is 0 Å². The summed E-state index contributed by atoms with van der Waals surface area (Å²) in [6.45, 7) is 0.375. The topological polar surface area (TPSA) is 56.3 Å². The number of hydrogen-bond donors (Lipinski definition) is 0. The molecule has 4 nitrogen and oxygen atoms in total. The van der Waals surface area contributed by atoms with Gasteiger partial charge in [-0.1, -0.05) is 0 Å². The first-order valence-corrected chi connectivity index (χ1v) is 3.16. The van der Waals surface area contributed by atoms with Crippen LogP contribution in [0.1, 0.15) is 10.4 Å². The molecule has 0 radical (unpaired) electrons. The summed E-state index contributed by atoms with van der Waals surface area (Å²) in [6.07, 6.45) is 3.92. The molecule has 0 unspecified atom stereocenters. The number of aromatic nitrogens is 1. The molecule has 0 aliphatic heterocycles. The van der Waals surface area contributed by atoms with E-state index >= 15 is 0 Å². The monoisotopic (exact) mass is 167 g/mol. The normalized spacial score (nSPS) is 7.42. The molecule has 0 atom stereocenters. The fraction of sp³-hybridized carbons (Fsp3) is 0.125. The van der Waals surface area contributed by atoms with Crippen molar-refractivity contribution in [2.75, 3.05) is 7.11 Å². The van der Waals surface area contributed by atoms with Crippen LogP contribution in [0.15, 0.2) is 24.5 Å². The van der Waals surface area contributed by atoms with Gasteiger partial charge in [-0.3, -0.25) is 14.6 Å². The highest BCUT2D eigenvalue weighted by Crippen LogP contribution is 1.87. The number of pyridine rings is 1. The first-order chi connectivity index (χ1) is 5.85. The second-order valence-electron chi connectivity index (χ2n) is 1.74. The number of ether oxygens (including phenoxy) is 1. The molecule has 0 spiro atoms. The van der Waals surface area contributed by atoms with Crippen LogP contribution in [0.5, 0.6) is 0 Å². The number of carbonyl (C=O) groups excluding carboxylic acids is 2. The van der Waals surface area contributed by atoms with Crippen LogP contribution in [0.25, 0.3) is 0 Å². The maximum atomic E-state index is 9.97. The van der Waals surface area contributed by atoms with Crippen LogP contribution in [-0.2, 0) is 9.53 Å². The maximum absolute atomic E-state index is 9.97. The lowest BCUT2D eigenvalue weighted by molar-refractivity contribution is -0.126. The Labute approximate surface area is 70.2 Å². The largest absolute Gasteiger partial charge is 0.471 e. The van der Waals surface area contributed by atoms with Crippen molar-refractivity contribution in [3.05, 3.63) is 30.1 Å². The Hall–Kier alpha value is -1.71. The summed E-state index contributed by atoms with van der Waals surface area (Å²) in [5.74, 6) is 0. The van der Waals surface area contributed by atoms with Crippen LogP contribution in [0, 0.1) is 0 Å². The molecule has 0 aliphatic carbocycles. The maximum Gasteiger partial charge on any atom is 0.292 e. The lowest BCUT2D eigenvalue weighted by Gasteiger charge is -1.81. The first-order valence-electron chi connectivity index (χ1n) is 3.16. The summed E-state index contributed by atoms with van der Waals surface area (Å²) in [5, 5.41) is 0. The van der Waals surface area contributed by atoms with Crippen molar-refractivity contribution < 1.29 is 14.3 Å². The fourth-order valence-corrected chi connectivity index (χ4v) is 0.446. The lowest BCUT2D eigenvalue weighted by atomic mass is 10.3. The van der Waals surface area contributed by atoms with E-state index in [0.717, 1.165) is 6.29 Å². The van der Waals surface area contributed by atoms with Crippen molar-refractivity contribution in [3.63, 3.8) is 0 Å². The van der Waals surface area contributed by atoms with Crippen molar-refractivity contribution in [1.82, 2.24) is 4.98 Å². The number of methoxy groups -OCH3 is 1. The minimum atomic E-state index is 0.375. The summed E-state index contributed by atoms with van der Waals surface area (Å²) < 4.78 is 3.86. The van der Waals surface area contributed by atoms with Crippen LogP contribution >= 0.6 is 0 Å². The number of aldehydes is 1. The molecule has 0 saturated carbocycles. The highest BCUT2D eigenvalue weighted by atomic mass is 16.5. The first kappa shape index (κ1) is 10.3. The number of nitrogens with zero attached hydrogens (tertiary/aromatic N) is 1. The van der Waals surface area contributed by atoms with Gasteiger partial charge in [0.2, 0.25) is 0 Å². The Morgan fingerprint density at radius 3 is 2.42 bits per heavy atom. The molecule has 0 aliphatic rings. The van der Waals surface area contributed by atoms with Gasteiger partial charge in [-0.15, -0.1) is 0 Å². The van der Waals surface area contributed by atoms with Crippen LogP contribution in [0.4, 0.5) is 0 Å². The minimum Gasteiger partial charge on any atom is -0.471 e. The third kappa shape index (κ3) is 5.10. The van der Waals surface area contributed by atoms with Gasteiger partial charge in [0.25, 0.3) is 6.47 Å². The third-order valence-corrected chi connectivity index (χ3v) is 0.917. The summed E-state index contributed by atoms with van der Waals surface area (Å²) in [4.78, 5) is 22.6. The van der Waals surface area contributed by atoms with E-state index in [0.29, 0.717) is 12.0 Å². The molecule has 1 heterocycles. The van der Waals surface area contributed by atoms with Gasteiger partial charge in [-0.2, -0.15) is 0 Å². The highest BCUT2D eigenvalue weighted by Gasteiger charge is 1.81. The summed E-state index contributed by atoms with van der Waals surface area (Å²) in [7, 11) is 1.31. The van der Waals surface area contributed by atoms with E-state index in [1.54, 1.807) is 18.3 Å². The van der Waals surface area contributed by atoms with Crippen LogP contribution in [-0.4, -0.2) is 24.9 Å². The zero-order valence-corrected chi connectivity index (χ0v) is 6.64. The van der Waals surface area contributed by atoms with Crippen LogP contribution in [0.3, 0.4) is 0 Å². The van der Waals surface area contributed by atoms with Crippen molar-refractivity contribution >= 4 is 12.8 Å². The standard InChI is InChI=1S/C6H5NO.C2H4O2/c8-5-6-2-1-3-7-4-6;1-4-2-3/h1-5H;2H,1H3. The summed E-state index contributed by atoms with van der Waals surface area (Å²) in [6, 6.07) is 3.43. The quantitative estimate of drug-likeness (QED) is 0.608. The number of carbonyl (C=O) groups is 2. The second kappa shape index (κ2) is 7.40. The molecular weight excluding hydrogens is 158 g/mol.